The summed E-state index contributed by atoms with van der Waals surface area (Å²) in [5.41, 5.74) is 0.840. The number of amides is 1. The second-order valence-corrected chi connectivity index (χ2v) is 6.69. The van der Waals surface area contributed by atoms with Gasteiger partial charge in [0.25, 0.3) is 5.91 Å². The molecule has 0 radical (unpaired) electrons. The molecule has 1 fully saturated rings. The summed E-state index contributed by atoms with van der Waals surface area (Å²) in [5.74, 6) is 0.917. The van der Waals surface area contributed by atoms with E-state index < -0.39 is 18.5 Å². The maximum atomic E-state index is 12.1. The van der Waals surface area contributed by atoms with Gasteiger partial charge in [0.2, 0.25) is 0 Å². The van der Waals surface area contributed by atoms with Gasteiger partial charge >= 0.3 is 5.97 Å². The first-order valence-electron chi connectivity index (χ1n) is 9.26. The molecule has 1 aromatic carbocycles. The number of pyridine rings is 1. The number of carbonyl (C=O) groups excluding carboxylic acids is 2. The van der Waals surface area contributed by atoms with Crippen molar-refractivity contribution in [1.82, 2.24) is 4.98 Å². The van der Waals surface area contributed by atoms with Crippen LogP contribution < -0.4 is 20.1 Å². The van der Waals surface area contributed by atoms with E-state index in [1.807, 2.05) is 0 Å². The number of anilines is 2. The summed E-state index contributed by atoms with van der Waals surface area (Å²) in [5, 5.41) is 5.92. The van der Waals surface area contributed by atoms with Crippen molar-refractivity contribution in [3.05, 3.63) is 42.1 Å². The standard InChI is InChI=1S/C20H21N3O5/c24-19(23-15-5-6-16-17(10-15)27-9-1-8-26-16)12-28-20(25)13-2-7-18(21-11-13)22-14-3-4-14/h2,5-7,10-11,14H,1,3-4,8-9,12H2,(H,21,22)(H,23,24). The van der Waals surface area contributed by atoms with Crippen LogP contribution in [0, 0.1) is 0 Å². The molecule has 0 saturated heterocycles. The molecule has 0 bridgehead atoms. The van der Waals surface area contributed by atoms with Crippen molar-refractivity contribution in [2.45, 2.75) is 25.3 Å². The van der Waals surface area contributed by atoms with Gasteiger partial charge < -0.3 is 24.8 Å². The largest absolute Gasteiger partial charge is 0.490 e. The van der Waals surface area contributed by atoms with Crippen molar-refractivity contribution < 1.29 is 23.8 Å². The highest BCUT2D eigenvalue weighted by Gasteiger charge is 2.21. The van der Waals surface area contributed by atoms with Crippen molar-refractivity contribution in [1.29, 1.82) is 0 Å². The minimum absolute atomic E-state index is 0.296. The first-order valence-corrected chi connectivity index (χ1v) is 9.26. The number of hydrogen-bond acceptors (Lipinski definition) is 7. The van der Waals surface area contributed by atoms with Crippen LogP contribution in [0.2, 0.25) is 0 Å². The normalized spacial score (nSPS) is 15.3. The summed E-state index contributed by atoms with van der Waals surface area (Å²) in [6.07, 6.45) is 4.53. The smallest absolute Gasteiger partial charge is 0.340 e. The third kappa shape index (κ3) is 4.70. The fraction of sp³-hybridized carbons (Fsp3) is 0.350. The second kappa shape index (κ2) is 8.16. The SMILES string of the molecule is O=C(COC(=O)c1ccc(NC2CC2)nc1)Nc1ccc2c(c1)OCCCO2. The Hall–Kier alpha value is -3.29. The van der Waals surface area contributed by atoms with Crippen molar-refractivity contribution in [3.63, 3.8) is 0 Å². The van der Waals surface area contributed by atoms with Gasteiger partial charge in [-0.1, -0.05) is 0 Å². The Morgan fingerprint density at radius 2 is 1.93 bits per heavy atom. The molecule has 28 heavy (non-hydrogen) atoms. The van der Waals surface area contributed by atoms with Gasteiger partial charge in [0.1, 0.15) is 5.82 Å². The van der Waals surface area contributed by atoms with Crippen molar-refractivity contribution in [3.8, 4) is 11.5 Å². The Morgan fingerprint density at radius 3 is 2.68 bits per heavy atom. The zero-order chi connectivity index (χ0) is 19.3. The fourth-order valence-electron chi connectivity index (χ4n) is 2.69. The Bertz CT molecular complexity index is 865. The zero-order valence-electron chi connectivity index (χ0n) is 15.3. The van der Waals surface area contributed by atoms with Gasteiger partial charge in [0.15, 0.2) is 18.1 Å². The van der Waals surface area contributed by atoms with Gasteiger partial charge in [-0.15, -0.1) is 0 Å². The number of nitrogens with zero attached hydrogens (tertiary/aromatic N) is 1. The molecule has 0 spiro atoms. The summed E-state index contributed by atoms with van der Waals surface area (Å²) in [6.45, 7) is 0.765. The summed E-state index contributed by atoms with van der Waals surface area (Å²) in [4.78, 5) is 28.3. The van der Waals surface area contributed by atoms with E-state index in [-0.39, 0.29) is 0 Å². The molecule has 2 heterocycles. The molecule has 2 aliphatic rings. The van der Waals surface area contributed by atoms with Crippen LogP contribution in [-0.2, 0) is 9.53 Å². The maximum Gasteiger partial charge on any atom is 0.340 e. The summed E-state index contributed by atoms with van der Waals surface area (Å²) in [7, 11) is 0. The van der Waals surface area contributed by atoms with Gasteiger partial charge in [-0.05, 0) is 37.1 Å². The molecule has 1 amide bonds. The topological polar surface area (TPSA) is 98.8 Å². The van der Waals surface area contributed by atoms with E-state index in [0.29, 0.717) is 42.0 Å². The molecular weight excluding hydrogens is 362 g/mol. The van der Waals surface area contributed by atoms with Gasteiger partial charge in [0, 0.05) is 30.4 Å². The number of carbonyl (C=O) groups is 2. The lowest BCUT2D eigenvalue weighted by Crippen LogP contribution is -2.21. The average Bonchev–Trinajstić information content (AvgIpc) is 3.53. The molecule has 1 aliphatic carbocycles. The number of hydrogen-bond donors (Lipinski definition) is 2. The van der Waals surface area contributed by atoms with Crippen LogP contribution in [0.5, 0.6) is 11.5 Å². The van der Waals surface area contributed by atoms with Crippen LogP contribution >= 0.6 is 0 Å². The highest BCUT2D eigenvalue weighted by Crippen LogP contribution is 2.32. The second-order valence-electron chi connectivity index (χ2n) is 6.69. The summed E-state index contributed by atoms with van der Waals surface area (Å²) in [6, 6.07) is 8.98. The highest BCUT2D eigenvalue weighted by atomic mass is 16.5. The van der Waals surface area contributed by atoms with E-state index in [0.717, 1.165) is 25.1 Å². The van der Waals surface area contributed by atoms with Gasteiger partial charge in [-0.25, -0.2) is 9.78 Å². The molecule has 1 aliphatic heterocycles. The fourth-order valence-corrected chi connectivity index (χ4v) is 2.69. The Morgan fingerprint density at radius 1 is 1.11 bits per heavy atom. The zero-order valence-corrected chi connectivity index (χ0v) is 15.3. The molecular formula is C20H21N3O5. The Labute approximate surface area is 162 Å². The molecule has 4 rings (SSSR count). The molecule has 8 heteroatoms. The van der Waals surface area contributed by atoms with Crippen LogP contribution in [0.4, 0.5) is 11.5 Å². The average molecular weight is 383 g/mol. The monoisotopic (exact) mass is 383 g/mol. The van der Waals surface area contributed by atoms with Crippen molar-refractivity contribution >= 4 is 23.4 Å². The molecule has 1 saturated carbocycles. The molecule has 2 N–H and O–H groups in total. The number of benzene rings is 1. The highest BCUT2D eigenvalue weighted by molar-refractivity contribution is 5.95. The first-order chi connectivity index (χ1) is 13.7. The van der Waals surface area contributed by atoms with Crippen LogP contribution in [0.3, 0.4) is 0 Å². The lowest BCUT2D eigenvalue weighted by atomic mass is 10.2. The Kier molecular flexibility index (Phi) is 5.27. The van der Waals surface area contributed by atoms with Crippen LogP contribution in [-0.4, -0.2) is 42.7 Å². The number of nitrogens with one attached hydrogen (secondary N) is 2. The number of rotatable bonds is 6. The van der Waals surface area contributed by atoms with E-state index in [1.165, 1.54) is 6.20 Å². The predicted octanol–water partition coefficient (Wildman–Crippen LogP) is 2.61. The summed E-state index contributed by atoms with van der Waals surface area (Å²) >= 11 is 0. The number of ether oxygens (including phenoxy) is 3. The number of aromatic nitrogens is 1. The third-order valence-electron chi connectivity index (χ3n) is 4.29. The number of fused-ring (bicyclic) bond motifs is 1. The number of esters is 1. The van der Waals surface area contributed by atoms with Crippen LogP contribution in [0.15, 0.2) is 36.5 Å². The minimum Gasteiger partial charge on any atom is -0.490 e. The maximum absolute atomic E-state index is 12.1. The van der Waals surface area contributed by atoms with Gasteiger partial charge in [-0.2, -0.15) is 0 Å². The molecule has 2 aromatic rings. The van der Waals surface area contributed by atoms with Crippen molar-refractivity contribution in [2.75, 3.05) is 30.5 Å². The molecule has 0 unspecified atom stereocenters. The molecule has 146 valence electrons. The quantitative estimate of drug-likeness (QED) is 0.740. The van der Waals surface area contributed by atoms with Gasteiger partial charge in [-0.3, -0.25) is 4.79 Å². The van der Waals surface area contributed by atoms with E-state index in [1.54, 1.807) is 30.3 Å². The van der Waals surface area contributed by atoms with Gasteiger partial charge in [0.05, 0.1) is 18.8 Å². The van der Waals surface area contributed by atoms with E-state index >= 15 is 0 Å². The lowest BCUT2D eigenvalue weighted by molar-refractivity contribution is -0.119. The first kappa shape index (κ1) is 18.1. The predicted molar refractivity (Wildman–Crippen MR) is 102 cm³/mol. The molecule has 1 aromatic heterocycles. The van der Waals surface area contributed by atoms with E-state index in [2.05, 4.69) is 15.6 Å². The molecule has 8 nitrogen and oxygen atoms in total. The van der Waals surface area contributed by atoms with Crippen molar-refractivity contribution in [2.24, 2.45) is 0 Å². The van der Waals surface area contributed by atoms with E-state index in [4.69, 9.17) is 14.2 Å². The van der Waals surface area contributed by atoms with E-state index in [9.17, 15) is 9.59 Å². The van der Waals surface area contributed by atoms with Crippen LogP contribution in [0.25, 0.3) is 0 Å². The minimum atomic E-state index is -0.598. The summed E-state index contributed by atoms with van der Waals surface area (Å²) < 4.78 is 16.2. The van der Waals surface area contributed by atoms with Crippen LogP contribution in [0.1, 0.15) is 29.6 Å². The third-order valence-corrected chi connectivity index (χ3v) is 4.29. The lowest BCUT2D eigenvalue weighted by Gasteiger charge is -2.11. The Balaban J connectivity index is 1.28. The molecule has 0 atom stereocenters.